The van der Waals surface area contributed by atoms with Gasteiger partial charge in [-0.25, -0.2) is 0 Å². The monoisotopic (exact) mass is 187 g/mol. The first kappa shape index (κ1) is 12.4. The number of likely N-dealkylation sites (N-methyl/N-ethyl adjacent to an activating group) is 1. The highest BCUT2D eigenvalue weighted by molar-refractivity contribution is 5.71. The first-order chi connectivity index (χ1) is 5.94. The van der Waals surface area contributed by atoms with Crippen molar-refractivity contribution in [1.29, 1.82) is 0 Å². The zero-order chi connectivity index (χ0) is 10.5. The number of esters is 1. The number of nitrogens with one attached hydrogen (secondary N) is 1. The van der Waals surface area contributed by atoms with E-state index in [1.807, 2.05) is 6.92 Å². The van der Waals surface area contributed by atoms with Crippen molar-refractivity contribution < 1.29 is 9.53 Å². The third-order valence-electron chi connectivity index (χ3n) is 2.64. The van der Waals surface area contributed by atoms with Gasteiger partial charge in [-0.05, 0) is 20.4 Å². The van der Waals surface area contributed by atoms with Gasteiger partial charge < -0.3 is 10.1 Å². The molecule has 0 aliphatic rings. The Kier molecular flexibility index (Phi) is 4.99. The van der Waals surface area contributed by atoms with Crippen molar-refractivity contribution in [2.75, 3.05) is 13.6 Å². The molecule has 1 atom stereocenters. The average molecular weight is 187 g/mol. The number of ether oxygens (including phenoxy) is 1. The Labute approximate surface area is 80.8 Å². The second-order valence-electron chi connectivity index (χ2n) is 4.00. The molecular weight excluding hydrogens is 166 g/mol. The van der Waals surface area contributed by atoms with Crippen molar-refractivity contribution in [2.45, 2.75) is 40.2 Å². The second kappa shape index (κ2) is 5.22. The molecule has 0 saturated carbocycles. The standard InChI is InChI=1S/C10H21NO2/c1-6-10(3,4)8(2)13-9(12)7-11-5/h8,11H,6-7H2,1-5H3/t8-/m0/s1. The zero-order valence-corrected chi connectivity index (χ0v) is 9.31. The minimum Gasteiger partial charge on any atom is -0.461 e. The van der Waals surface area contributed by atoms with Crippen LogP contribution in [0.25, 0.3) is 0 Å². The molecular formula is C10H21NO2. The van der Waals surface area contributed by atoms with Crippen molar-refractivity contribution in [2.24, 2.45) is 5.41 Å². The van der Waals surface area contributed by atoms with Gasteiger partial charge in [0.25, 0.3) is 0 Å². The average Bonchev–Trinajstić information content (AvgIpc) is 2.04. The summed E-state index contributed by atoms with van der Waals surface area (Å²) in [4.78, 5) is 11.1. The van der Waals surface area contributed by atoms with E-state index >= 15 is 0 Å². The van der Waals surface area contributed by atoms with E-state index in [2.05, 4.69) is 26.1 Å². The third kappa shape index (κ3) is 4.27. The summed E-state index contributed by atoms with van der Waals surface area (Å²) in [5.41, 5.74) is 0.0589. The maximum Gasteiger partial charge on any atom is 0.320 e. The number of hydrogen-bond donors (Lipinski definition) is 1. The van der Waals surface area contributed by atoms with Crippen LogP contribution >= 0.6 is 0 Å². The predicted octanol–water partition coefficient (Wildman–Crippen LogP) is 1.57. The minimum absolute atomic E-state index is 0.0293. The highest BCUT2D eigenvalue weighted by Gasteiger charge is 2.26. The van der Waals surface area contributed by atoms with Gasteiger partial charge in [-0.15, -0.1) is 0 Å². The van der Waals surface area contributed by atoms with Crippen LogP contribution in [-0.4, -0.2) is 25.7 Å². The molecule has 0 heterocycles. The van der Waals surface area contributed by atoms with E-state index in [-0.39, 0.29) is 24.0 Å². The fourth-order valence-corrected chi connectivity index (χ4v) is 0.830. The molecule has 3 heteroatoms. The molecule has 0 amide bonds. The molecule has 1 N–H and O–H groups in total. The van der Waals surface area contributed by atoms with Crippen LogP contribution in [0, 0.1) is 5.41 Å². The topological polar surface area (TPSA) is 38.3 Å². The van der Waals surface area contributed by atoms with Crippen LogP contribution in [0.1, 0.15) is 34.1 Å². The van der Waals surface area contributed by atoms with Crippen LogP contribution in [0.5, 0.6) is 0 Å². The van der Waals surface area contributed by atoms with Crippen molar-refractivity contribution >= 4 is 5.97 Å². The van der Waals surface area contributed by atoms with Crippen LogP contribution in [0.4, 0.5) is 0 Å². The van der Waals surface area contributed by atoms with Gasteiger partial charge in [-0.1, -0.05) is 20.8 Å². The zero-order valence-electron chi connectivity index (χ0n) is 9.31. The molecule has 0 unspecified atom stereocenters. The molecule has 0 aliphatic carbocycles. The molecule has 0 bridgehead atoms. The van der Waals surface area contributed by atoms with E-state index in [0.29, 0.717) is 0 Å². The van der Waals surface area contributed by atoms with Gasteiger partial charge in [-0.2, -0.15) is 0 Å². The van der Waals surface area contributed by atoms with Gasteiger partial charge in [0.1, 0.15) is 6.10 Å². The lowest BCUT2D eigenvalue weighted by atomic mass is 9.85. The Balaban J connectivity index is 3.99. The molecule has 0 spiro atoms. The summed E-state index contributed by atoms with van der Waals surface area (Å²) in [6.07, 6.45) is 0.972. The van der Waals surface area contributed by atoms with Gasteiger partial charge in [0.15, 0.2) is 0 Å². The Bertz CT molecular complexity index is 166. The lowest BCUT2D eigenvalue weighted by molar-refractivity contribution is -0.152. The summed E-state index contributed by atoms with van der Waals surface area (Å²) in [6, 6.07) is 0. The molecule has 0 saturated heterocycles. The molecule has 0 aliphatic heterocycles. The second-order valence-corrected chi connectivity index (χ2v) is 4.00. The van der Waals surface area contributed by atoms with E-state index in [0.717, 1.165) is 6.42 Å². The first-order valence-electron chi connectivity index (χ1n) is 4.78. The van der Waals surface area contributed by atoms with Gasteiger partial charge >= 0.3 is 5.97 Å². The molecule has 3 nitrogen and oxygen atoms in total. The van der Waals surface area contributed by atoms with Crippen molar-refractivity contribution in [3.8, 4) is 0 Å². The Morgan fingerprint density at radius 2 is 2.08 bits per heavy atom. The van der Waals surface area contributed by atoms with Crippen molar-refractivity contribution in [3.63, 3.8) is 0 Å². The largest absolute Gasteiger partial charge is 0.461 e. The minimum atomic E-state index is -0.184. The predicted molar refractivity (Wildman–Crippen MR) is 53.6 cm³/mol. The number of hydrogen-bond acceptors (Lipinski definition) is 3. The number of carbonyl (C=O) groups is 1. The van der Waals surface area contributed by atoms with E-state index in [1.165, 1.54) is 0 Å². The highest BCUT2D eigenvalue weighted by Crippen LogP contribution is 2.26. The maximum atomic E-state index is 11.1. The highest BCUT2D eigenvalue weighted by atomic mass is 16.5. The lowest BCUT2D eigenvalue weighted by Gasteiger charge is -2.29. The van der Waals surface area contributed by atoms with E-state index in [1.54, 1.807) is 7.05 Å². The lowest BCUT2D eigenvalue weighted by Crippen LogP contribution is -2.33. The van der Waals surface area contributed by atoms with Crippen LogP contribution in [0.3, 0.4) is 0 Å². The molecule has 0 rings (SSSR count). The van der Waals surface area contributed by atoms with Gasteiger partial charge in [0, 0.05) is 5.41 Å². The fraction of sp³-hybridized carbons (Fsp3) is 0.900. The van der Waals surface area contributed by atoms with E-state index in [4.69, 9.17) is 4.74 Å². The van der Waals surface area contributed by atoms with Gasteiger partial charge in [0.05, 0.1) is 6.54 Å². The summed E-state index contributed by atoms with van der Waals surface area (Å²) < 4.78 is 5.24. The smallest absolute Gasteiger partial charge is 0.320 e. The van der Waals surface area contributed by atoms with Crippen LogP contribution < -0.4 is 5.32 Å². The molecule has 0 aromatic rings. The van der Waals surface area contributed by atoms with Gasteiger partial charge in [-0.3, -0.25) is 4.79 Å². The summed E-state index contributed by atoms with van der Waals surface area (Å²) >= 11 is 0. The molecule has 0 aromatic heterocycles. The Morgan fingerprint density at radius 3 is 2.46 bits per heavy atom. The first-order valence-corrected chi connectivity index (χ1v) is 4.78. The van der Waals surface area contributed by atoms with E-state index < -0.39 is 0 Å². The number of rotatable bonds is 5. The number of carbonyl (C=O) groups excluding carboxylic acids is 1. The van der Waals surface area contributed by atoms with E-state index in [9.17, 15) is 4.79 Å². The van der Waals surface area contributed by atoms with Crippen LogP contribution in [0.15, 0.2) is 0 Å². The molecule has 0 fully saturated rings. The molecule has 0 aromatic carbocycles. The summed E-state index contributed by atoms with van der Waals surface area (Å²) in [6.45, 7) is 8.53. The summed E-state index contributed by atoms with van der Waals surface area (Å²) in [5, 5.41) is 2.77. The van der Waals surface area contributed by atoms with Gasteiger partial charge in [0.2, 0.25) is 0 Å². The molecule has 13 heavy (non-hydrogen) atoms. The Morgan fingerprint density at radius 1 is 1.54 bits per heavy atom. The maximum absolute atomic E-state index is 11.1. The molecule has 78 valence electrons. The van der Waals surface area contributed by atoms with Crippen LogP contribution in [-0.2, 0) is 9.53 Å². The Hall–Kier alpha value is -0.570. The summed E-state index contributed by atoms with van der Waals surface area (Å²) in [5.74, 6) is -0.184. The fourth-order valence-electron chi connectivity index (χ4n) is 0.830. The van der Waals surface area contributed by atoms with Crippen molar-refractivity contribution in [3.05, 3.63) is 0 Å². The SMILES string of the molecule is CCC(C)(C)[C@H](C)OC(=O)CNC. The summed E-state index contributed by atoms with van der Waals surface area (Å²) in [7, 11) is 1.73. The quantitative estimate of drug-likeness (QED) is 0.664. The molecule has 0 radical (unpaired) electrons. The van der Waals surface area contributed by atoms with Crippen LogP contribution in [0.2, 0.25) is 0 Å². The third-order valence-corrected chi connectivity index (χ3v) is 2.64. The van der Waals surface area contributed by atoms with Crippen molar-refractivity contribution in [1.82, 2.24) is 5.32 Å². The normalized spacial score (nSPS) is 13.9.